The van der Waals surface area contributed by atoms with Gasteiger partial charge in [0.05, 0.1) is 5.69 Å². The second-order valence-electron chi connectivity index (χ2n) is 3.59. The van der Waals surface area contributed by atoms with Crippen molar-refractivity contribution in [1.29, 1.82) is 0 Å². The van der Waals surface area contributed by atoms with Crippen molar-refractivity contribution < 1.29 is 4.79 Å². The number of carbonyl (C=O) groups excluding carboxylic acids is 1. The third-order valence-electron chi connectivity index (χ3n) is 1.93. The first-order valence-electron chi connectivity index (χ1n) is 5.24. The highest BCUT2D eigenvalue weighted by molar-refractivity contribution is 7.98. The molecule has 0 aliphatic heterocycles. The van der Waals surface area contributed by atoms with Crippen LogP contribution in [-0.2, 0) is 10.5 Å². The van der Waals surface area contributed by atoms with Gasteiger partial charge in [0, 0.05) is 24.1 Å². The van der Waals surface area contributed by atoms with E-state index in [1.807, 2.05) is 5.38 Å². The van der Waals surface area contributed by atoms with Crippen LogP contribution in [0.4, 0.5) is 10.9 Å². The molecule has 0 aromatic carbocycles. The van der Waals surface area contributed by atoms with Gasteiger partial charge in [-0.15, -0.1) is 11.3 Å². The third kappa shape index (κ3) is 4.07. The van der Waals surface area contributed by atoms with Crippen LogP contribution in [0.5, 0.6) is 0 Å². The number of thiazole rings is 1. The summed E-state index contributed by atoms with van der Waals surface area (Å²) in [6, 6.07) is 1.22. The van der Waals surface area contributed by atoms with Crippen LogP contribution in [0.15, 0.2) is 21.4 Å². The number of anilines is 2. The SMILES string of the molecule is CC(=O)Nc1nc(CSc2nc(N)cc(=O)[nH]2)cs1. The summed E-state index contributed by atoms with van der Waals surface area (Å²) in [5.74, 6) is 0.557. The van der Waals surface area contributed by atoms with Crippen LogP contribution in [0.1, 0.15) is 12.6 Å². The zero-order valence-corrected chi connectivity index (χ0v) is 11.6. The summed E-state index contributed by atoms with van der Waals surface area (Å²) in [7, 11) is 0. The molecule has 2 aromatic heterocycles. The summed E-state index contributed by atoms with van der Waals surface area (Å²) >= 11 is 2.66. The fourth-order valence-corrected chi connectivity index (χ4v) is 2.88. The number of amides is 1. The maximum absolute atomic E-state index is 11.2. The number of aromatic amines is 1. The Kier molecular flexibility index (Phi) is 4.17. The number of nitrogens with zero attached hydrogens (tertiary/aromatic N) is 2. The molecule has 7 nitrogen and oxygen atoms in total. The molecule has 2 heterocycles. The van der Waals surface area contributed by atoms with E-state index in [1.165, 1.54) is 36.1 Å². The summed E-state index contributed by atoms with van der Waals surface area (Å²) in [4.78, 5) is 32.9. The largest absolute Gasteiger partial charge is 0.383 e. The van der Waals surface area contributed by atoms with Crippen LogP contribution >= 0.6 is 23.1 Å². The van der Waals surface area contributed by atoms with Crippen molar-refractivity contribution >= 4 is 40.0 Å². The van der Waals surface area contributed by atoms with Crippen LogP contribution in [0.2, 0.25) is 0 Å². The minimum Gasteiger partial charge on any atom is -0.383 e. The molecule has 9 heteroatoms. The lowest BCUT2D eigenvalue weighted by atomic mass is 10.6. The van der Waals surface area contributed by atoms with E-state index in [-0.39, 0.29) is 17.3 Å². The quantitative estimate of drug-likeness (QED) is 0.574. The Morgan fingerprint density at radius 2 is 2.37 bits per heavy atom. The second kappa shape index (κ2) is 5.85. The van der Waals surface area contributed by atoms with Gasteiger partial charge in [-0.25, -0.2) is 9.97 Å². The fourth-order valence-electron chi connectivity index (χ4n) is 1.25. The molecule has 0 saturated heterocycles. The number of thioether (sulfide) groups is 1. The van der Waals surface area contributed by atoms with Crippen molar-refractivity contribution in [3.05, 3.63) is 27.5 Å². The van der Waals surface area contributed by atoms with Crippen molar-refractivity contribution in [2.75, 3.05) is 11.1 Å². The smallest absolute Gasteiger partial charge is 0.253 e. The summed E-state index contributed by atoms with van der Waals surface area (Å²) in [5, 5.41) is 5.44. The normalized spacial score (nSPS) is 10.4. The number of nitrogens with two attached hydrogens (primary N) is 1. The molecular formula is C10H11N5O2S2. The summed E-state index contributed by atoms with van der Waals surface area (Å²) in [5.41, 5.74) is 5.99. The highest BCUT2D eigenvalue weighted by Crippen LogP contribution is 2.22. The highest BCUT2D eigenvalue weighted by atomic mass is 32.2. The van der Waals surface area contributed by atoms with Gasteiger partial charge in [0.2, 0.25) is 5.91 Å². The molecule has 0 unspecified atom stereocenters. The highest BCUT2D eigenvalue weighted by Gasteiger charge is 2.05. The molecule has 4 N–H and O–H groups in total. The van der Waals surface area contributed by atoms with Gasteiger partial charge < -0.3 is 16.0 Å². The Hall–Kier alpha value is -1.87. The Bertz CT molecular complexity index is 651. The Labute approximate surface area is 116 Å². The molecule has 19 heavy (non-hydrogen) atoms. The Morgan fingerprint density at radius 3 is 3.05 bits per heavy atom. The molecule has 0 aliphatic carbocycles. The molecule has 2 aromatic rings. The van der Waals surface area contributed by atoms with Crippen LogP contribution in [-0.4, -0.2) is 20.9 Å². The molecule has 100 valence electrons. The van der Waals surface area contributed by atoms with E-state index in [9.17, 15) is 9.59 Å². The van der Waals surface area contributed by atoms with Gasteiger partial charge in [-0.2, -0.15) is 0 Å². The number of aromatic nitrogens is 3. The molecule has 0 fully saturated rings. The maximum Gasteiger partial charge on any atom is 0.253 e. The first kappa shape index (κ1) is 13.6. The van der Waals surface area contributed by atoms with Crippen LogP contribution < -0.4 is 16.6 Å². The molecule has 0 saturated carbocycles. The lowest BCUT2D eigenvalue weighted by Gasteiger charge is -1.99. The molecule has 0 bridgehead atoms. The molecular weight excluding hydrogens is 286 g/mol. The van der Waals surface area contributed by atoms with Gasteiger partial charge in [0.15, 0.2) is 10.3 Å². The standard InChI is InChI=1S/C10H11N5O2S2/c1-5(16)12-9-13-6(3-18-9)4-19-10-14-7(11)2-8(17)15-10/h2-3H,4H2,1H3,(H,12,13,16)(H3,11,14,15,17). The van der Waals surface area contributed by atoms with Crippen molar-refractivity contribution in [3.63, 3.8) is 0 Å². The summed E-state index contributed by atoms with van der Waals surface area (Å²) in [6.07, 6.45) is 0. The average molecular weight is 297 g/mol. The van der Waals surface area contributed by atoms with E-state index < -0.39 is 0 Å². The number of nitrogen functional groups attached to an aromatic ring is 1. The van der Waals surface area contributed by atoms with Gasteiger partial charge in [-0.3, -0.25) is 9.59 Å². The third-order valence-corrected chi connectivity index (χ3v) is 3.64. The Morgan fingerprint density at radius 1 is 1.58 bits per heavy atom. The predicted octanol–water partition coefficient (Wildman–Crippen LogP) is 1.06. The molecule has 2 rings (SSSR count). The zero-order chi connectivity index (χ0) is 13.8. The lowest BCUT2D eigenvalue weighted by molar-refractivity contribution is -0.114. The fraction of sp³-hybridized carbons (Fsp3) is 0.200. The molecule has 0 aliphatic rings. The summed E-state index contributed by atoms with van der Waals surface area (Å²) in [6.45, 7) is 1.43. The molecule has 1 amide bonds. The number of nitrogens with one attached hydrogen (secondary N) is 2. The summed E-state index contributed by atoms with van der Waals surface area (Å²) < 4.78 is 0. The first-order chi connectivity index (χ1) is 9.02. The van der Waals surface area contributed by atoms with E-state index in [0.29, 0.717) is 16.0 Å². The molecule has 0 radical (unpaired) electrons. The van der Waals surface area contributed by atoms with Gasteiger partial charge in [0.25, 0.3) is 5.56 Å². The lowest BCUT2D eigenvalue weighted by Crippen LogP contribution is -2.09. The van der Waals surface area contributed by atoms with E-state index >= 15 is 0 Å². The monoisotopic (exact) mass is 297 g/mol. The first-order valence-corrected chi connectivity index (χ1v) is 7.11. The topological polar surface area (TPSA) is 114 Å². The van der Waals surface area contributed by atoms with Crippen molar-refractivity contribution in [2.45, 2.75) is 17.8 Å². The predicted molar refractivity (Wildman–Crippen MR) is 75.2 cm³/mol. The minimum absolute atomic E-state index is 0.157. The number of carbonyl (C=O) groups is 1. The van der Waals surface area contributed by atoms with E-state index in [0.717, 1.165) is 5.69 Å². The van der Waals surface area contributed by atoms with Crippen molar-refractivity contribution in [1.82, 2.24) is 15.0 Å². The van der Waals surface area contributed by atoms with Gasteiger partial charge >= 0.3 is 0 Å². The van der Waals surface area contributed by atoms with Gasteiger partial charge in [0.1, 0.15) is 5.82 Å². The molecule has 0 spiro atoms. The number of rotatable bonds is 4. The van der Waals surface area contributed by atoms with E-state index in [2.05, 4.69) is 20.3 Å². The minimum atomic E-state index is -0.285. The molecule has 0 atom stereocenters. The number of H-pyrrole nitrogens is 1. The van der Waals surface area contributed by atoms with Gasteiger partial charge in [-0.05, 0) is 0 Å². The van der Waals surface area contributed by atoms with Crippen LogP contribution in [0.25, 0.3) is 0 Å². The van der Waals surface area contributed by atoms with Crippen molar-refractivity contribution in [2.24, 2.45) is 0 Å². The Balaban J connectivity index is 2.00. The zero-order valence-electron chi connectivity index (χ0n) is 9.97. The maximum atomic E-state index is 11.2. The van der Waals surface area contributed by atoms with E-state index in [4.69, 9.17) is 5.73 Å². The van der Waals surface area contributed by atoms with Crippen LogP contribution in [0, 0.1) is 0 Å². The van der Waals surface area contributed by atoms with Crippen LogP contribution in [0.3, 0.4) is 0 Å². The van der Waals surface area contributed by atoms with Gasteiger partial charge in [-0.1, -0.05) is 11.8 Å². The number of hydrogen-bond acceptors (Lipinski definition) is 7. The average Bonchev–Trinajstić information content (AvgIpc) is 2.72. The number of hydrogen-bond donors (Lipinski definition) is 3. The second-order valence-corrected chi connectivity index (χ2v) is 5.41. The van der Waals surface area contributed by atoms with E-state index in [1.54, 1.807) is 0 Å². The van der Waals surface area contributed by atoms with Crippen molar-refractivity contribution in [3.8, 4) is 0 Å².